The fourth-order valence-corrected chi connectivity index (χ4v) is 7.68. The number of para-hydroxylation sites is 1. The van der Waals surface area contributed by atoms with E-state index >= 15 is 0 Å². The van der Waals surface area contributed by atoms with Gasteiger partial charge in [0.2, 0.25) is 5.95 Å². The van der Waals surface area contributed by atoms with Crippen LogP contribution in [0, 0.1) is 17.6 Å². The minimum Gasteiger partial charge on any atom is -0.491 e. The highest BCUT2D eigenvalue weighted by molar-refractivity contribution is 6.05. The minimum atomic E-state index is -0.858. The number of carbonyl (C=O) groups excluding carboxylic acids is 1. The number of hydrogen-bond donors (Lipinski definition) is 2. The number of nitrogens with zero attached hydrogens (tertiary/aromatic N) is 6. The summed E-state index contributed by atoms with van der Waals surface area (Å²) in [6.07, 6.45) is 9.91. The number of halogens is 2. The fraction of sp³-hybridized carbons (Fsp3) is 0.318. The number of piperidine rings is 2. The first-order valence-electron chi connectivity index (χ1n) is 19.5. The van der Waals surface area contributed by atoms with E-state index in [0.717, 1.165) is 42.3 Å². The molecule has 0 unspecified atom stereocenters. The summed E-state index contributed by atoms with van der Waals surface area (Å²) in [5.41, 5.74) is 4.76. The van der Waals surface area contributed by atoms with Crippen molar-refractivity contribution >= 4 is 34.6 Å². The highest BCUT2D eigenvalue weighted by Gasteiger charge is 2.26. The summed E-state index contributed by atoms with van der Waals surface area (Å²) in [5, 5.41) is 5.80. The van der Waals surface area contributed by atoms with E-state index in [1.165, 1.54) is 51.3 Å². The third kappa shape index (κ3) is 8.06. The molecule has 0 atom stereocenters. The van der Waals surface area contributed by atoms with Crippen LogP contribution in [0.5, 0.6) is 5.75 Å². The Morgan fingerprint density at radius 2 is 1.66 bits per heavy atom. The van der Waals surface area contributed by atoms with Crippen molar-refractivity contribution < 1.29 is 18.3 Å². The van der Waals surface area contributed by atoms with Crippen molar-refractivity contribution in [3.63, 3.8) is 0 Å². The molecule has 1 amide bonds. The van der Waals surface area contributed by atoms with Crippen LogP contribution in [-0.2, 0) is 0 Å². The van der Waals surface area contributed by atoms with Gasteiger partial charge in [0.15, 0.2) is 0 Å². The number of carbonyl (C=O) groups is 1. The Hall–Kier alpha value is -5.88. The van der Waals surface area contributed by atoms with Crippen LogP contribution in [0.1, 0.15) is 56.3 Å². The minimum absolute atomic E-state index is 0.210. The molecule has 288 valence electrons. The molecule has 3 aromatic heterocycles. The van der Waals surface area contributed by atoms with Gasteiger partial charge in [0.1, 0.15) is 28.7 Å². The SMILES string of the molecule is CC(C)COc1cc(N2CCC(N3CCCCC3)CC2)ccc1Nc1nccc(-c2c(-c3cccc(C(=O)Nc4c(F)cccc4F)c3)nc3ccccn23)n1. The van der Waals surface area contributed by atoms with E-state index in [2.05, 4.69) is 51.4 Å². The molecule has 2 aliphatic heterocycles. The van der Waals surface area contributed by atoms with Crippen LogP contribution in [0.4, 0.5) is 31.8 Å². The van der Waals surface area contributed by atoms with Crippen molar-refractivity contribution in [2.24, 2.45) is 5.92 Å². The summed E-state index contributed by atoms with van der Waals surface area (Å²) < 4.78 is 37.0. The number of rotatable bonds is 11. The number of benzene rings is 3. The number of hydrogen-bond acceptors (Lipinski definition) is 8. The molecule has 3 aromatic carbocycles. The maximum absolute atomic E-state index is 14.4. The smallest absolute Gasteiger partial charge is 0.255 e. The number of anilines is 4. The van der Waals surface area contributed by atoms with Crippen LogP contribution in [0.15, 0.2) is 97.3 Å². The molecule has 0 saturated carbocycles. The summed E-state index contributed by atoms with van der Waals surface area (Å²) in [6.45, 7) is 9.32. The molecule has 0 radical (unpaired) electrons. The van der Waals surface area contributed by atoms with Gasteiger partial charge in [-0.2, -0.15) is 0 Å². The molecule has 12 heteroatoms. The standard InChI is InChI=1S/C44H46F2N8O2/c1-29(2)28-56-38-27-33(53-24-18-32(19-25-53)52-21-5-3-6-22-52)15-16-36(38)48-44-47-20-17-37(49-44)42-40(50-39-14-4-7-23-54(39)42)30-10-8-11-31(26-30)43(55)51-41-34(45)12-9-13-35(41)46/h4,7-17,20,23,26-27,29,32H,3,5-6,18-19,21-22,24-25,28H2,1-2H3,(H,51,55)(H,47,48,49). The van der Waals surface area contributed by atoms with Gasteiger partial charge in [-0.15, -0.1) is 0 Å². The van der Waals surface area contributed by atoms with Crippen molar-refractivity contribution in [1.29, 1.82) is 0 Å². The quantitative estimate of drug-likeness (QED) is 0.135. The lowest BCUT2D eigenvalue weighted by Crippen LogP contribution is -2.46. The topological polar surface area (TPSA) is 99.9 Å². The highest BCUT2D eigenvalue weighted by atomic mass is 19.1. The van der Waals surface area contributed by atoms with E-state index in [0.29, 0.717) is 52.8 Å². The molecule has 2 aliphatic rings. The summed E-state index contributed by atoms with van der Waals surface area (Å²) in [6, 6.07) is 24.7. The zero-order valence-electron chi connectivity index (χ0n) is 31.7. The Kier molecular flexibility index (Phi) is 10.9. The maximum Gasteiger partial charge on any atom is 0.255 e. The maximum atomic E-state index is 14.4. The van der Waals surface area contributed by atoms with E-state index in [-0.39, 0.29) is 5.56 Å². The van der Waals surface area contributed by atoms with Crippen LogP contribution in [0.3, 0.4) is 0 Å². The lowest BCUT2D eigenvalue weighted by atomic mass is 9.99. The van der Waals surface area contributed by atoms with Crippen LogP contribution >= 0.6 is 0 Å². The second-order valence-electron chi connectivity index (χ2n) is 15.0. The lowest BCUT2D eigenvalue weighted by Gasteiger charge is -2.41. The second-order valence-corrected chi connectivity index (χ2v) is 15.0. The number of imidazole rings is 1. The molecule has 0 aliphatic carbocycles. The Morgan fingerprint density at radius 1 is 0.875 bits per heavy atom. The predicted octanol–water partition coefficient (Wildman–Crippen LogP) is 9.22. The number of nitrogens with one attached hydrogen (secondary N) is 2. The molecule has 8 rings (SSSR count). The number of fused-ring (bicyclic) bond motifs is 1. The molecule has 2 N–H and O–H groups in total. The van der Waals surface area contributed by atoms with Crippen molar-refractivity contribution in [2.75, 3.05) is 48.3 Å². The van der Waals surface area contributed by atoms with Crippen molar-refractivity contribution in [2.45, 2.75) is 52.0 Å². The normalized spacial score (nSPS) is 15.3. The summed E-state index contributed by atoms with van der Waals surface area (Å²) >= 11 is 0. The number of pyridine rings is 1. The summed E-state index contributed by atoms with van der Waals surface area (Å²) in [4.78, 5) is 32.9. The Bertz CT molecular complexity index is 2310. The molecular weight excluding hydrogens is 711 g/mol. The average Bonchev–Trinajstić information content (AvgIpc) is 3.62. The molecule has 2 saturated heterocycles. The van der Waals surface area contributed by atoms with E-state index in [1.54, 1.807) is 24.4 Å². The van der Waals surface area contributed by atoms with Gasteiger partial charge in [-0.05, 0) is 99.3 Å². The molecule has 56 heavy (non-hydrogen) atoms. The van der Waals surface area contributed by atoms with Gasteiger partial charge in [0.25, 0.3) is 5.91 Å². The van der Waals surface area contributed by atoms with Crippen LogP contribution in [-0.4, -0.2) is 69.0 Å². The van der Waals surface area contributed by atoms with Gasteiger partial charge >= 0.3 is 0 Å². The van der Waals surface area contributed by atoms with Crippen molar-refractivity contribution in [3.8, 4) is 28.4 Å². The van der Waals surface area contributed by atoms with Crippen molar-refractivity contribution in [1.82, 2.24) is 24.3 Å². The molecule has 0 spiro atoms. The van der Waals surface area contributed by atoms with Crippen LogP contribution < -0.4 is 20.3 Å². The van der Waals surface area contributed by atoms with Gasteiger partial charge in [0, 0.05) is 54.4 Å². The van der Waals surface area contributed by atoms with Gasteiger partial charge in [-0.25, -0.2) is 23.7 Å². The Balaban J connectivity index is 1.07. The summed E-state index contributed by atoms with van der Waals surface area (Å²) in [7, 11) is 0. The number of amides is 1. The van der Waals surface area contributed by atoms with Crippen LogP contribution in [0.25, 0.3) is 28.3 Å². The van der Waals surface area contributed by atoms with Gasteiger partial charge in [-0.3, -0.25) is 9.20 Å². The highest BCUT2D eigenvalue weighted by Crippen LogP contribution is 2.36. The second kappa shape index (κ2) is 16.5. The predicted molar refractivity (Wildman–Crippen MR) is 217 cm³/mol. The van der Waals surface area contributed by atoms with Gasteiger partial charge < -0.3 is 25.2 Å². The van der Waals surface area contributed by atoms with E-state index in [9.17, 15) is 13.6 Å². The summed E-state index contributed by atoms with van der Waals surface area (Å²) in [5.74, 6) is -0.914. The Morgan fingerprint density at radius 3 is 2.45 bits per heavy atom. The first-order valence-corrected chi connectivity index (χ1v) is 19.5. The van der Waals surface area contributed by atoms with E-state index in [1.807, 2.05) is 47.0 Å². The average molecular weight is 757 g/mol. The van der Waals surface area contributed by atoms with E-state index < -0.39 is 23.2 Å². The van der Waals surface area contributed by atoms with Gasteiger partial charge in [-0.1, -0.05) is 44.5 Å². The van der Waals surface area contributed by atoms with E-state index in [4.69, 9.17) is 14.7 Å². The monoisotopic (exact) mass is 756 g/mol. The number of aromatic nitrogens is 4. The third-order valence-corrected chi connectivity index (χ3v) is 10.5. The zero-order valence-corrected chi connectivity index (χ0v) is 31.7. The molecule has 0 bridgehead atoms. The third-order valence-electron chi connectivity index (χ3n) is 10.5. The zero-order chi connectivity index (χ0) is 38.6. The molecule has 5 heterocycles. The molecule has 6 aromatic rings. The first-order chi connectivity index (χ1) is 27.3. The lowest BCUT2D eigenvalue weighted by molar-refractivity contribution is 0.102. The van der Waals surface area contributed by atoms with Gasteiger partial charge in [0.05, 0.1) is 29.4 Å². The Labute approximate surface area is 325 Å². The first kappa shape index (κ1) is 37.1. The molecule has 10 nitrogen and oxygen atoms in total. The fourth-order valence-electron chi connectivity index (χ4n) is 7.68. The number of ether oxygens (including phenoxy) is 1. The molecule has 2 fully saturated rings. The number of likely N-dealkylation sites (tertiary alicyclic amines) is 1. The van der Waals surface area contributed by atoms with Crippen molar-refractivity contribution in [3.05, 3.63) is 115 Å². The molecular formula is C44H46F2N8O2. The van der Waals surface area contributed by atoms with Crippen LogP contribution in [0.2, 0.25) is 0 Å². The largest absolute Gasteiger partial charge is 0.491 e.